The summed E-state index contributed by atoms with van der Waals surface area (Å²) in [6, 6.07) is -0.471. The monoisotopic (exact) mass is 208 g/mol. The Morgan fingerprint density at radius 2 is 2.33 bits per heavy atom. The highest BCUT2D eigenvalue weighted by molar-refractivity contribution is 7.99. The van der Waals surface area contributed by atoms with Crippen molar-refractivity contribution in [2.24, 2.45) is 5.73 Å². The van der Waals surface area contributed by atoms with E-state index in [2.05, 4.69) is 0 Å². The van der Waals surface area contributed by atoms with E-state index in [1.54, 1.807) is 0 Å². The summed E-state index contributed by atoms with van der Waals surface area (Å²) in [4.78, 5) is 23.3. The fourth-order valence-corrected chi connectivity index (χ4v) is 2.35. The second-order valence-corrected chi connectivity index (χ2v) is 3.68. The zero-order chi connectivity index (χ0) is 9.14. The molecule has 0 bridgehead atoms. The topological polar surface area (TPSA) is 63.4 Å². The van der Waals surface area contributed by atoms with Crippen molar-refractivity contribution >= 4 is 35.2 Å². The number of carbonyl (C=O) groups is 2. The van der Waals surface area contributed by atoms with Crippen LogP contribution in [0.4, 0.5) is 0 Å². The Morgan fingerprint density at radius 3 is 2.83 bits per heavy atom. The average molecular weight is 209 g/mol. The van der Waals surface area contributed by atoms with Crippen LogP contribution in [0.5, 0.6) is 0 Å². The van der Waals surface area contributed by atoms with Gasteiger partial charge in [0.05, 0.1) is 5.88 Å². The minimum atomic E-state index is -0.471. The maximum atomic E-state index is 11.1. The Bertz CT molecular complexity index is 212. The molecule has 0 spiro atoms. The highest BCUT2D eigenvalue weighted by Crippen LogP contribution is 2.20. The second kappa shape index (κ2) is 4.00. The molecule has 0 aliphatic carbocycles. The van der Waals surface area contributed by atoms with Crippen molar-refractivity contribution in [1.82, 2.24) is 4.90 Å². The van der Waals surface area contributed by atoms with Gasteiger partial charge in [-0.05, 0) is 0 Å². The zero-order valence-corrected chi connectivity index (χ0v) is 7.90. The standard InChI is InChI=1S/C6H9ClN2O2S/c7-1-5(10)9-3-12-2-4(9)6(8)11/h4H,1-3H2,(H2,8,11). The van der Waals surface area contributed by atoms with Gasteiger partial charge in [0.15, 0.2) is 0 Å². The largest absolute Gasteiger partial charge is 0.368 e. The van der Waals surface area contributed by atoms with Crippen molar-refractivity contribution in [3.63, 3.8) is 0 Å². The Kier molecular flexibility index (Phi) is 3.22. The summed E-state index contributed by atoms with van der Waals surface area (Å²) in [6.07, 6.45) is 0. The molecular formula is C6H9ClN2O2S. The molecule has 12 heavy (non-hydrogen) atoms. The van der Waals surface area contributed by atoms with Gasteiger partial charge >= 0.3 is 0 Å². The molecule has 1 aliphatic heterocycles. The van der Waals surface area contributed by atoms with Crippen LogP contribution < -0.4 is 5.73 Å². The van der Waals surface area contributed by atoms with Gasteiger partial charge in [-0.15, -0.1) is 23.4 Å². The molecule has 1 unspecified atom stereocenters. The van der Waals surface area contributed by atoms with Gasteiger partial charge in [-0.1, -0.05) is 0 Å². The first-order chi connectivity index (χ1) is 5.66. The van der Waals surface area contributed by atoms with Crippen LogP contribution in [0.1, 0.15) is 0 Å². The van der Waals surface area contributed by atoms with E-state index in [0.29, 0.717) is 11.6 Å². The lowest BCUT2D eigenvalue weighted by atomic mass is 10.3. The smallest absolute Gasteiger partial charge is 0.241 e. The molecule has 1 aliphatic rings. The number of hydrogen-bond donors (Lipinski definition) is 1. The summed E-state index contributed by atoms with van der Waals surface area (Å²) in [5, 5.41) is 0. The number of rotatable bonds is 2. The molecule has 2 N–H and O–H groups in total. The molecule has 6 heteroatoms. The maximum absolute atomic E-state index is 11.1. The summed E-state index contributed by atoms with van der Waals surface area (Å²) in [7, 11) is 0. The summed E-state index contributed by atoms with van der Waals surface area (Å²) in [5.41, 5.74) is 5.09. The third kappa shape index (κ3) is 1.84. The molecule has 0 saturated carbocycles. The number of amides is 2. The van der Waals surface area contributed by atoms with Crippen molar-refractivity contribution in [3.05, 3.63) is 0 Å². The number of alkyl halides is 1. The van der Waals surface area contributed by atoms with E-state index in [1.807, 2.05) is 0 Å². The Balaban J connectivity index is 2.63. The minimum Gasteiger partial charge on any atom is -0.368 e. The summed E-state index contributed by atoms with van der Waals surface area (Å²) >= 11 is 6.86. The van der Waals surface area contributed by atoms with Crippen molar-refractivity contribution in [2.45, 2.75) is 6.04 Å². The van der Waals surface area contributed by atoms with E-state index in [4.69, 9.17) is 17.3 Å². The fraction of sp³-hybridized carbons (Fsp3) is 0.667. The molecule has 0 aromatic rings. The highest BCUT2D eigenvalue weighted by Gasteiger charge is 2.32. The van der Waals surface area contributed by atoms with Crippen LogP contribution in [0.3, 0.4) is 0 Å². The van der Waals surface area contributed by atoms with E-state index >= 15 is 0 Å². The van der Waals surface area contributed by atoms with Crippen LogP contribution in [0.2, 0.25) is 0 Å². The number of nitrogens with zero attached hydrogens (tertiary/aromatic N) is 1. The van der Waals surface area contributed by atoms with E-state index in [9.17, 15) is 9.59 Å². The molecule has 2 amide bonds. The summed E-state index contributed by atoms with van der Waals surface area (Å²) < 4.78 is 0. The van der Waals surface area contributed by atoms with Crippen molar-refractivity contribution in [1.29, 1.82) is 0 Å². The van der Waals surface area contributed by atoms with Gasteiger partial charge in [0.1, 0.15) is 11.9 Å². The fourth-order valence-electron chi connectivity index (χ4n) is 1.00. The first kappa shape index (κ1) is 9.67. The van der Waals surface area contributed by atoms with Crippen LogP contribution in [0, 0.1) is 0 Å². The van der Waals surface area contributed by atoms with Gasteiger partial charge in [0.25, 0.3) is 0 Å². The Labute approximate surface area is 79.4 Å². The molecule has 0 radical (unpaired) electrons. The van der Waals surface area contributed by atoms with Crippen LogP contribution >= 0.6 is 23.4 Å². The molecular weight excluding hydrogens is 200 g/mol. The zero-order valence-electron chi connectivity index (χ0n) is 6.33. The highest BCUT2D eigenvalue weighted by atomic mass is 35.5. The van der Waals surface area contributed by atoms with Gasteiger partial charge in [0.2, 0.25) is 11.8 Å². The molecule has 68 valence electrons. The number of halogens is 1. The maximum Gasteiger partial charge on any atom is 0.241 e. The van der Waals surface area contributed by atoms with E-state index in [0.717, 1.165) is 0 Å². The number of hydrogen-bond acceptors (Lipinski definition) is 3. The summed E-state index contributed by atoms with van der Waals surface area (Å²) in [6.45, 7) is 0. The normalized spacial score (nSPS) is 22.8. The Hall–Kier alpha value is -0.420. The van der Waals surface area contributed by atoms with Crippen molar-refractivity contribution in [2.75, 3.05) is 17.5 Å². The number of carbonyl (C=O) groups excluding carboxylic acids is 2. The van der Waals surface area contributed by atoms with Crippen LogP contribution in [-0.4, -0.2) is 40.3 Å². The lowest BCUT2D eigenvalue weighted by molar-refractivity contribution is -0.134. The van der Waals surface area contributed by atoms with Crippen LogP contribution in [0.25, 0.3) is 0 Å². The Morgan fingerprint density at radius 1 is 1.67 bits per heavy atom. The second-order valence-electron chi connectivity index (χ2n) is 2.42. The van der Waals surface area contributed by atoms with Crippen LogP contribution in [-0.2, 0) is 9.59 Å². The first-order valence-corrected chi connectivity index (χ1v) is 5.08. The predicted molar refractivity (Wildman–Crippen MR) is 47.9 cm³/mol. The summed E-state index contributed by atoms with van der Waals surface area (Å²) in [5.74, 6) is 0.311. The lowest BCUT2D eigenvalue weighted by Crippen LogP contribution is -2.45. The number of thioether (sulfide) groups is 1. The van der Waals surface area contributed by atoms with Gasteiger partial charge in [-0.25, -0.2) is 0 Å². The van der Waals surface area contributed by atoms with E-state index in [1.165, 1.54) is 16.7 Å². The molecule has 1 heterocycles. The van der Waals surface area contributed by atoms with E-state index in [-0.39, 0.29) is 11.8 Å². The van der Waals surface area contributed by atoms with Gasteiger partial charge in [-0.2, -0.15) is 0 Å². The lowest BCUT2D eigenvalue weighted by Gasteiger charge is -2.19. The molecule has 1 atom stereocenters. The van der Waals surface area contributed by atoms with Crippen LogP contribution in [0.15, 0.2) is 0 Å². The van der Waals surface area contributed by atoms with Crippen molar-refractivity contribution in [3.8, 4) is 0 Å². The minimum absolute atomic E-state index is 0.0929. The quantitative estimate of drug-likeness (QED) is 0.629. The van der Waals surface area contributed by atoms with Crippen molar-refractivity contribution < 1.29 is 9.59 Å². The first-order valence-electron chi connectivity index (χ1n) is 3.39. The van der Waals surface area contributed by atoms with Gasteiger partial charge in [-0.3, -0.25) is 9.59 Å². The predicted octanol–water partition coefficient (Wildman–Crippen LogP) is -0.388. The number of nitrogens with two attached hydrogens (primary N) is 1. The molecule has 1 fully saturated rings. The number of primary amides is 1. The molecule has 1 saturated heterocycles. The molecule has 0 aromatic heterocycles. The van der Waals surface area contributed by atoms with Gasteiger partial charge < -0.3 is 10.6 Å². The van der Waals surface area contributed by atoms with E-state index < -0.39 is 11.9 Å². The third-order valence-electron chi connectivity index (χ3n) is 1.65. The molecule has 1 rings (SSSR count). The third-order valence-corrected chi connectivity index (χ3v) is 2.89. The van der Waals surface area contributed by atoms with Gasteiger partial charge in [0, 0.05) is 5.75 Å². The SMILES string of the molecule is NC(=O)C1CSCN1C(=O)CCl. The molecule has 4 nitrogen and oxygen atoms in total. The molecule has 0 aromatic carbocycles. The average Bonchev–Trinajstić information content (AvgIpc) is 2.50.